The lowest BCUT2D eigenvalue weighted by Gasteiger charge is -2.18. The number of fused-ring (bicyclic) bond motifs is 1. The zero-order valence-electron chi connectivity index (χ0n) is 21.8. The number of nitrogens with zero attached hydrogens (tertiary/aromatic N) is 1. The lowest BCUT2D eigenvalue weighted by molar-refractivity contribution is -0.118. The molecule has 2 N–H and O–H groups in total. The number of methoxy groups -OCH3 is 1. The van der Waals surface area contributed by atoms with E-state index in [4.69, 9.17) is 15.2 Å². The summed E-state index contributed by atoms with van der Waals surface area (Å²) < 4.78 is 14.0. The van der Waals surface area contributed by atoms with E-state index < -0.39 is 0 Å². The molecule has 192 valence electrons. The van der Waals surface area contributed by atoms with Gasteiger partial charge in [-0.1, -0.05) is 84.4 Å². The molecule has 0 aliphatic carbocycles. The number of hydrogen-bond acceptors (Lipinski definition) is 3. The molecule has 0 spiro atoms. The number of para-hydroxylation sites is 1. The van der Waals surface area contributed by atoms with Gasteiger partial charge in [-0.3, -0.25) is 4.79 Å². The topological polar surface area (TPSA) is 66.5 Å². The fourth-order valence-corrected chi connectivity index (χ4v) is 4.94. The molecule has 1 heterocycles. The summed E-state index contributed by atoms with van der Waals surface area (Å²) in [7, 11) is 1.63. The molecule has 0 radical (unpaired) electrons. The molecule has 5 rings (SSSR count). The standard InChI is InChI=1S/C33H32N2O3/c1-23-12-14-24(15-13-23)20-35-21-29(27-10-6-7-11-30(27)35)28(19-33(34)36)26-16-17-31(32(18-26)37-2)38-22-25-8-4-3-5-9-25/h3-18,21,28H,19-20,22H2,1-2H3,(H2,34,36)/t28-/m0/s1. The molecule has 0 bridgehead atoms. The van der Waals surface area contributed by atoms with Crippen molar-refractivity contribution in [1.29, 1.82) is 0 Å². The van der Waals surface area contributed by atoms with Gasteiger partial charge in [0.05, 0.1) is 7.11 Å². The van der Waals surface area contributed by atoms with E-state index in [2.05, 4.69) is 54.1 Å². The highest BCUT2D eigenvalue weighted by molar-refractivity contribution is 5.86. The van der Waals surface area contributed by atoms with Crippen LogP contribution in [-0.2, 0) is 17.9 Å². The summed E-state index contributed by atoms with van der Waals surface area (Å²) in [6.07, 6.45) is 2.34. The second-order valence-electron chi connectivity index (χ2n) is 9.62. The van der Waals surface area contributed by atoms with E-state index in [-0.39, 0.29) is 18.2 Å². The van der Waals surface area contributed by atoms with E-state index in [1.165, 1.54) is 11.1 Å². The Morgan fingerprint density at radius 3 is 2.34 bits per heavy atom. The van der Waals surface area contributed by atoms with E-state index in [9.17, 15) is 4.79 Å². The van der Waals surface area contributed by atoms with Crippen LogP contribution in [0.3, 0.4) is 0 Å². The van der Waals surface area contributed by atoms with Crippen LogP contribution in [0.5, 0.6) is 11.5 Å². The van der Waals surface area contributed by atoms with Crippen LogP contribution in [0.15, 0.2) is 103 Å². The first-order chi connectivity index (χ1) is 18.5. The highest BCUT2D eigenvalue weighted by Gasteiger charge is 2.23. The number of benzene rings is 4. The zero-order valence-corrected chi connectivity index (χ0v) is 21.8. The minimum Gasteiger partial charge on any atom is -0.493 e. The van der Waals surface area contributed by atoms with Crippen LogP contribution in [0.4, 0.5) is 0 Å². The molecule has 0 aliphatic rings. The Morgan fingerprint density at radius 1 is 0.868 bits per heavy atom. The summed E-state index contributed by atoms with van der Waals surface area (Å²) in [5, 5.41) is 1.11. The Kier molecular flexibility index (Phi) is 7.45. The normalized spacial score (nSPS) is 11.8. The average Bonchev–Trinajstić information content (AvgIpc) is 3.30. The van der Waals surface area contributed by atoms with Crippen molar-refractivity contribution in [2.45, 2.75) is 32.4 Å². The average molecular weight is 505 g/mol. The van der Waals surface area contributed by atoms with E-state index in [1.54, 1.807) is 7.11 Å². The molecular formula is C33H32N2O3. The number of aryl methyl sites for hydroxylation is 1. The number of aromatic nitrogens is 1. The summed E-state index contributed by atoms with van der Waals surface area (Å²) in [5.74, 6) is 0.693. The number of rotatable bonds is 10. The van der Waals surface area contributed by atoms with Crippen molar-refractivity contribution in [2.24, 2.45) is 5.73 Å². The number of hydrogen-bond donors (Lipinski definition) is 1. The Hall–Kier alpha value is -4.51. The van der Waals surface area contributed by atoms with Crippen molar-refractivity contribution in [3.8, 4) is 11.5 Å². The molecule has 1 atom stereocenters. The summed E-state index contributed by atoms with van der Waals surface area (Å²) >= 11 is 0. The molecule has 1 aromatic heterocycles. The predicted molar refractivity (Wildman–Crippen MR) is 152 cm³/mol. The number of ether oxygens (including phenoxy) is 2. The molecule has 4 aromatic carbocycles. The molecule has 0 saturated heterocycles. The Bertz CT molecular complexity index is 1540. The van der Waals surface area contributed by atoms with Gasteiger partial charge in [0.1, 0.15) is 6.61 Å². The first-order valence-corrected chi connectivity index (χ1v) is 12.8. The van der Waals surface area contributed by atoms with Crippen LogP contribution >= 0.6 is 0 Å². The first-order valence-electron chi connectivity index (χ1n) is 12.8. The molecule has 0 aliphatic heterocycles. The monoisotopic (exact) mass is 504 g/mol. The fraction of sp³-hybridized carbons (Fsp3) is 0.182. The van der Waals surface area contributed by atoms with Crippen LogP contribution in [0, 0.1) is 6.92 Å². The smallest absolute Gasteiger partial charge is 0.218 e. The molecular weight excluding hydrogens is 472 g/mol. The van der Waals surface area contributed by atoms with E-state index in [0.717, 1.165) is 34.1 Å². The molecule has 38 heavy (non-hydrogen) atoms. The zero-order chi connectivity index (χ0) is 26.5. The second kappa shape index (κ2) is 11.3. The summed E-state index contributed by atoms with van der Waals surface area (Å²) in [6.45, 7) is 3.26. The summed E-state index contributed by atoms with van der Waals surface area (Å²) in [4.78, 5) is 12.3. The van der Waals surface area contributed by atoms with E-state index in [0.29, 0.717) is 18.1 Å². The van der Waals surface area contributed by atoms with Crippen molar-refractivity contribution >= 4 is 16.8 Å². The van der Waals surface area contributed by atoms with Gasteiger partial charge < -0.3 is 19.8 Å². The molecule has 5 nitrogen and oxygen atoms in total. The molecule has 0 unspecified atom stereocenters. The van der Waals surface area contributed by atoms with Crippen molar-refractivity contribution in [3.05, 3.63) is 131 Å². The van der Waals surface area contributed by atoms with Crippen LogP contribution < -0.4 is 15.2 Å². The van der Waals surface area contributed by atoms with Gasteiger partial charge in [0.15, 0.2) is 11.5 Å². The van der Waals surface area contributed by atoms with Crippen LogP contribution in [0.2, 0.25) is 0 Å². The van der Waals surface area contributed by atoms with E-state index in [1.807, 2.05) is 60.7 Å². The van der Waals surface area contributed by atoms with Gasteiger partial charge >= 0.3 is 0 Å². The maximum absolute atomic E-state index is 12.3. The van der Waals surface area contributed by atoms with Crippen LogP contribution in [-0.4, -0.2) is 17.6 Å². The summed E-state index contributed by atoms with van der Waals surface area (Å²) in [5.41, 5.74) is 12.4. The summed E-state index contributed by atoms with van der Waals surface area (Å²) in [6, 6.07) is 32.8. The number of carbonyl (C=O) groups is 1. The Morgan fingerprint density at radius 2 is 1.61 bits per heavy atom. The fourth-order valence-electron chi connectivity index (χ4n) is 4.94. The maximum atomic E-state index is 12.3. The maximum Gasteiger partial charge on any atom is 0.218 e. The van der Waals surface area contributed by atoms with Gasteiger partial charge in [0.25, 0.3) is 0 Å². The molecule has 5 heteroatoms. The van der Waals surface area contributed by atoms with Gasteiger partial charge in [-0.15, -0.1) is 0 Å². The number of primary amides is 1. The minimum atomic E-state index is -0.353. The SMILES string of the molecule is COc1cc([C@H](CC(N)=O)c2cn(Cc3ccc(C)cc3)c3ccccc23)ccc1OCc1ccccc1. The largest absolute Gasteiger partial charge is 0.493 e. The Balaban J connectivity index is 1.51. The van der Waals surface area contributed by atoms with Gasteiger partial charge in [-0.2, -0.15) is 0 Å². The van der Waals surface area contributed by atoms with Gasteiger partial charge in [0, 0.05) is 36.0 Å². The number of carbonyl (C=O) groups excluding carboxylic acids is 1. The van der Waals surface area contributed by atoms with E-state index >= 15 is 0 Å². The highest BCUT2D eigenvalue weighted by Crippen LogP contribution is 2.39. The Labute approximate surface area is 223 Å². The third kappa shape index (κ3) is 5.57. The first kappa shape index (κ1) is 25.2. The molecule has 1 amide bonds. The van der Waals surface area contributed by atoms with Crippen LogP contribution in [0.25, 0.3) is 10.9 Å². The third-order valence-electron chi connectivity index (χ3n) is 6.90. The molecule has 0 fully saturated rings. The lowest BCUT2D eigenvalue weighted by Crippen LogP contribution is -2.16. The number of nitrogens with two attached hydrogens (primary N) is 1. The van der Waals surface area contributed by atoms with Crippen LogP contribution in [0.1, 0.15) is 40.2 Å². The second-order valence-corrected chi connectivity index (χ2v) is 9.62. The van der Waals surface area contributed by atoms with Crippen molar-refractivity contribution in [3.63, 3.8) is 0 Å². The lowest BCUT2D eigenvalue weighted by atomic mass is 9.88. The van der Waals surface area contributed by atoms with Gasteiger partial charge in [0.2, 0.25) is 5.91 Å². The van der Waals surface area contributed by atoms with Gasteiger partial charge in [-0.25, -0.2) is 0 Å². The van der Waals surface area contributed by atoms with Crippen molar-refractivity contribution in [1.82, 2.24) is 4.57 Å². The predicted octanol–water partition coefficient (Wildman–Crippen LogP) is 6.59. The quantitative estimate of drug-likeness (QED) is 0.233. The highest BCUT2D eigenvalue weighted by atomic mass is 16.5. The molecule has 0 saturated carbocycles. The minimum absolute atomic E-state index is 0.186. The third-order valence-corrected chi connectivity index (χ3v) is 6.90. The van der Waals surface area contributed by atoms with Crippen molar-refractivity contribution < 1.29 is 14.3 Å². The molecule has 5 aromatic rings. The van der Waals surface area contributed by atoms with Gasteiger partial charge in [-0.05, 0) is 47.4 Å². The number of amides is 1. The van der Waals surface area contributed by atoms with Crippen molar-refractivity contribution in [2.75, 3.05) is 7.11 Å².